The molecule has 1 saturated heterocycles. The molecule has 160 valence electrons. The molecule has 0 saturated carbocycles. The first-order chi connectivity index (χ1) is 14.3. The Morgan fingerprint density at radius 1 is 1.23 bits per heavy atom. The van der Waals surface area contributed by atoms with Gasteiger partial charge in [-0.15, -0.1) is 0 Å². The molecule has 0 radical (unpaired) electrons. The van der Waals surface area contributed by atoms with Crippen LogP contribution in [0.4, 0.5) is 14.6 Å². The second-order valence-corrected chi connectivity index (χ2v) is 8.97. The number of methoxy groups -OCH3 is 1. The van der Waals surface area contributed by atoms with Crippen LogP contribution in [0.2, 0.25) is 0 Å². The molecule has 1 aromatic carbocycles. The van der Waals surface area contributed by atoms with Crippen molar-refractivity contribution >= 4 is 27.3 Å². The number of anilines is 1. The highest BCUT2D eigenvalue weighted by molar-refractivity contribution is 7.91. The zero-order chi connectivity index (χ0) is 21.7. The van der Waals surface area contributed by atoms with Gasteiger partial charge in [-0.05, 0) is 6.07 Å². The smallest absolute Gasteiger partial charge is 0.189 e. The van der Waals surface area contributed by atoms with E-state index >= 15 is 0 Å². The average Bonchev–Trinajstić information content (AvgIpc) is 2.72. The molecular weight excluding hydrogens is 416 g/mol. The van der Waals surface area contributed by atoms with Gasteiger partial charge in [0.1, 0.15) is 5.82 Å². The summed E-state index contributed by atoms with van der Waals surface area (Å²) in [6, 6.07) is 6.21. The van der Waals surface area contributed by atoms with Crippen molar-refractivity contribution in [1.82, 2.24) is 9.97 Å². The van der Waals surface area contributed by atoms with E-state index in [2.05, 4.69) is 15.0 Å². The van der Waals surface area contributed by atoms with E-state index in [4.69, 9.17) is 10.1 Å². The van der Waals surface area contributed by atoms with Gasteiger partial charge in [0.15, 0.2) is 33.2 Å². The minimum Gasteiger partial charge on any atom is -0.484 e. The Kier molecular flexibility index (Phi) is 6.70. The van der Waals surface area contributed by atoms with Gasteiger partial charge in [-0.2, -0.15) is 0 Å². The molecule has 30 heavy (non-hydrogen) atoms. The first kappa shape index (κ1) is 21.8. The van der Waals surface area contributed by atoms with E-state index < -0.39 is 15.7 Å². The molecular formula is C19H21F2N5O3S. The van der Waals surface area contributed by atoms with Crippen LogP contribution in [0.25, 0.3) is 0 Å². The molecule has 0 unspecified atom stereocenters. The van der Waals surface area contributed by atoms with Crippen molar-refractivity contribution in [3.8, 4) is 0 Å². The largest absolute Gasteiger partial charge is 0.484 e. The summed E-state index contributed by atoms with van der Waals surface area (Å²) in [5, 5.41) is 8.24. The Balaban J connectivity index is 1.73. The van der Waals surface area contributed by atoms with Gasteiger partial charge >= 0.3 is 0 Å². The lowest BCUT2D eigenvalue weighted by molar-refractivity contribution is 0.393. The van der Waals surface area contributed by atoms with E-state index in [-0.39, 0.29) is 66.6 Å². The van der Waals surface area contributed by atoms with Crippen molar-refractivity contribution in [2.24, 2.45) is 4.99 Å². The number of nitrogens with one attached hydrogen (secondary N) is 1. The zero-order valence-corrected chi connectivity index (χ0v) is 17.1. The highest BCUT2D eigenvalue weighted by atomic mass is 32.2. The third-order valence-corrected chi connectivity index (χ3v) is 6.20. The molecule has 2 aromatic rings. The number of sulfone groups is 1. The quantitative estimate of drug-likeness (QED) is 0.547. The first-order valence-corrected chi connectivity index (χ1v) is 11.0. The van der Waals surface area contributed by atoms with Crippen LogP contribution < -0.4 is 4.90 Å². The van der Waals surface area contributed by atoms with Crippen LogP contribution in [0.15, 0.2) is 35.5 Å². The molecule has 8 nitrogen and oxygen atoms in total. The van der Waals surface area contributed by atoms with Crippen LogP contribution in [-0.2, 0) is 21.1 Å². The fraction of sp³-hybridized carbons (Fsp3) is 0.368. The van der Waals surface area contributed by atoms with Gasteiger partial charge in [0.2, 0.25) is 0 Å². The Bertz CT molecular complexity index is 1060. The van der Waals surface area contributed by atoms with Crippen LogP contribution in [0.5, 0.6) is 0 Å². The standard InChI is InChI=1S/C19H21F2N5O3S/c1-29-17(23-11-13-4-2-3-5-14(13)20)10-16(22)18-24-12-15(21)19(25-18)26-6-8-30(27,28)9-7-26/h2-5,12,22H,6-11H2,1H3. The van der Waals surface area contributed by atoms with E-state index in [1.54, 1.807) is 18.2 Å². The topological polar surface area (TPSA) is 109 Å². The number of aliphatic imine (C=N–C) groups is 1. The number of nitrogens with zero attached hydrogens (tertiary/aromatic N) is 4. The number of halogens is 2. The van der Waals surface area contributed by atoms with Crippen molar-refractivity contribution in [3.63, 3.8) is 0 Å². The Labute approximate surface area is 173 Å². The third kappa shape index (κ3) is 5.35. The van der Waals surface area contributed by atoms with Crippen LogP contribution in [0.1, 0.15) is 17.8 Å². The second-order valence-electron chi connectivity index (χ2n) is 6.66. The van der Waals surface area contributed by atoms with Crippen molar-refractivity contribution in [2.75, 3.05) is 36.6 Å². The Hall–Kier alpha value is -2.95. The maximum Gasteiger partial charge on any atom is 0.189 e. The van der Waals surface area contributed by atoms with Gasteiger partial charge in [0.25, 0.3) is 0 Å². The molecule has 1 aliphatic heterocycles. The summed E-state index contributed by atoms with van der Waals surface area (Å²) >= 11 is 0. The molecule has 0 amide bonds. The van der Waals surface area contributed by atoms with E-state index in [9.17, 15) is 17.2 Å². The number of aromatic nitrogens is 2. The van der Waals surface area contributed by atoms with E-state index in [0.29, 0.717) is 5.56 Å². The molecule has 3 rings (SSSR count). The van der Waals surface area contributed by atoms with Crippen molar-refractivity contribution < 1.29 is 21.9 Å². The molecule has 11 heteroatoms. The molecule has 0 aliphatic carbocycles. The molecule has 0 bridgehead atoms. The summed E-state index contributed by atoms with van der Waals surface area (Å²) in [7, 11) is -1.74. The SMILES string of the molecule is COC(CC(=N)c1ncc(F)c(N2CCS(=O)(=O)CC2)n1)=NCc1ccccc1F. The lowest BCUT2D eigenvalue weighted by atomic mass is 10.2. The van der Waals surface area contributed by atoms with Crippen LogP contribution in [0.3, 0.4) is 0 Å². The number of hydrogen-bond acceptors (Lipinski definition) is 8. The lowest BCUT2D eigenvalue weighted by Gasteiger charge is -2.28. The summed E-state index contributed by atoms with van der Waals surface area (Å²) in [6.07, 6.45) is 0.892. The van der Waals surface area contributed by atoms with Gasteiger partial charge in [0, 0.05) is 18.7 Å². The minimum atomic E-state index is -3.12. The van der Waals surface area contributed by atoms with Gasteiger partial charge < -0.3 is 15.0 Å². The van der Waals surface area contributed by atoms with Gasteiger partial charge in [-0.3, -0.25) is 4.99 Å². The lowest BCUT2D eigenvalue weighted by Crippen LogP contribution is -2.41. The van der Waals surface area contributed by atoms with Crippen LogP contribution >= 0.6 is 0 Å². The molecule has 1 aliphatic rings. The molecule has 1 aromatic heterocycles. The predicted octanol–water partition coefficient (Wildman–Crippen LogP) is 1.99. The van der Waals surface area contributed by atoms with Crippen LogP contribution in [0, 0.1) is 17.0 Å². The second kappa shape index (κ2) is 9.24. The number of ether oxygens (including phenoxy) is 1. The highest BCUT2D eigenvalue weighted by Crippen LogP contribution is 2.19. The normalized spacial score (nSPS) is 16.4. The predicted molar refractivity (Wildman–Crippen MR) is 109 cm³/mol. The first-order valence-electron chi connectivity index (χ1n) is 9.15. The molecule has 1 fully saturated rings. The highest BCUT2D eigenvalue weighted by Gasteiger charge is 2.25. The van der Waals surface area contributed by atoms with Gasteiger partial charge in [0.05, 0.1) is 43.5 Å². The summed E-state index contributed by atoms with van der Waals surface area (Å²) in [5.41, 5.74) is 0.328. The maximum absolute atomic E-state index is 14.2. The summed E-state index contributed by atoms with van der Waals surface area (Å²) in [5.74, 6) is -1.12. The fourth-order valence-electron chi connectivity index (χ4n) is 2.87. The van der Waals surface area contributed by atoms with E-state index in [0.717, 1.165) is 6.20 Å². The average molecular weight is 437 g/mol. The van der Waals surface area contributed by atoms with Crippen LogP contribution in [-0.4, -0.2) is 61.7 Å². The van der Waals surface area contributed by atoms with Crippen molar-refractivity contribution in [3.05, 3.63) is 53.5 Å². The third-order valence-electron chi connectivity index (χ3n) is 4.59. The fourth-order valence-corrected chi connectivity index (χ4v) is 4.07. The zero-order valence-electron chi connectivity index (χ0n) is 16.3. The number of hydrogen-bond donors (Lipinski definition) is 1. The van der Waals surface area contributed by atoms with Crippen molar-refractivity contribution in [1.29, 1.82) is 5.41 Å². The Morgan fingerprint density at radius 3 is 2.60 bits per heavy atom. The van der Waals surface area contributed by atoms with Gasteiger partial charge in [-0.25, -0.2) is 27.2 Å². The summed E-state index contributed by atoms with van der Waals surface area (Å²) in [6.45, 7) is 0.286. The summed E-state index contributed by atoms with van der Waals surface area (Å²) < 4.78 is 56.3. The number of benzene rings is 1. The molecule has 0 spiro atoms. The monoisotopic (exact) mass is 437 g/mol. The molecule has 2 heterocycles. The number of rotatable bonds is 6. The Morgan fingerprint density at radius 2 is 1.93 bits per heavy atom. The summed E-state index contributed by atoms with van der Waals surface area (Å²) in [4.78, 5) is 13.7. The molecule has 1 N–H and O–H groups in total. The minimum absolute atomic E-state index is 0.0181. The maximum atomic E-state index is 14.2. The molecule has 0 atom stereocenters. The van der Waals surface area contributed by atoms with E-state index in [1.165, 1.54) is 18.1 Å². The van der Waals surface area contributed by atoms with Gasteiger partial charge in [-0.1, -0.05) is 18.2 Å². The van der Waals surface area contributed by atoms with E-state index in [1.807, 2.05) is 0 Å². The van der Waals surface area contributed by atoms with Crippen molar-refractivity contribution in [2.45, 2.75) is 13.0 Å².